The second-order valence-electron chi connectivity index (χ2n) is 3.69. The summed E-state index contributed by atoms with van der Waals surface area (Å²) in [6.07, 6.45) is 0. The maximum Gasteiger partial charge on any atom is 0.123 e. The maximum atomic E-state index is 13.3. The molecule has 0 spiro atoms. The molecular weight excluding hydrogens is 361 g/mol. The molecule has 0 bridgehead atoms. The summed E-state index contributed by atoms with van der Waals surface area (Å²) in [5.41, 5.74) is 1.26. The van der Waals surface area contributed by atoms with Crippen LogP contribution in [-0.4, -0.2) is 0 Å². The van der Waals surface area contributed by atoms with Gasteiger partial charge in [-0.1, -0.05) is 39.1 Å². The van der Waals surface area contributed by atoms with Gasteiger partial charge in [0.05, 0.1) is 5.38 Å². The predicted octanol–water partition coefficient (Wildman–Crippen LogP) is 6.22. The van der Waals surface area contributed by atoms with E-state index in [1.165, 1.54) is 12.1 Å². The highest BCUT2D eigenvalue weighted by Crippen LogP contribution is 2.38. The van der Waals surface area contributed by atoms with Gasteiger partial charge in [0, 0.05) is 14.5 Å². The lowest BCUT2D eigenvalue weighted by atomic mass is 10.0. The Morgan fingerprint density at radius 1 is 1.00 bits per heavy atom. The summed E-state index contributed by atoms with van der Waals surface area (Å²) in [5, 5.41) is 0.462. The topological polar surface area (TPSA) is 0 Å². The van der Waals surface area contributed by atoms with Gasteiger partial charge in [-0.2, -0.15) is 0 Å². The summed E-state index contributed by atoms with van der Waals surface area (Å²) in [5.74, 6) is -0.350. The highest BCUT2D eigenvalue weighted by atomic mass is 79.9. The fraction of sp³-hybridized carbons (Fsp3) is 0.0769. The zero-order chi connectivity index (χ0) is 13.3. The molecule has 2 aromatic rings. The zero-order valence-corrected chi connectivity index (χ0v) is 12.8. The maximum absolute atomic E-state index is 13.3. The van der Waals surface area contributed by atoms with Crippen LogP contribution in [0.3, 0.4) is 0 Å². The lowest BCUT2D eigenvalue weighted by molar-refractivity contribution is 0.625. The summed E-state index contributed by atoms with van der Waals surface area (Å²) >= 11 is 21.7. The fourth-order valence-corrected chi connectivity index (χ4v) is 3.02. The first-order chi connectivity index (χ1) is 8.49. The highest BCUT2D eigenvalue weighted by Gasteiger charge is 2.18. The standard InChI is InChI=1S/C13H7BrCl3F/c14-11-3-2-8(18)6-9(11)13(17)10-5-7(15)1-4-12(10)16/h1-6,13H. The number of alkyl halides is 1. The third-order valence-electron chi connectivity index (χ3n) is 2.46. The average Bonchev–Trinajstić information content (AvgIpc) is 2.34. The van der Waals surface area contributed by atoms with Gasteiger partial charge in [-0.3, -0.25) is 0 Å². The second kappa shape index (κ2) is 5.79. The molecule has 0 aliphatic rings. The van der Waals surface area contributed by atoms with Gasteiger partial charge >= 0.3 is 0 Å². The highest BCUT2D eigenvalue weighted by molar-refractivity contribution is 9.10. The third-order valence-corrected chi connectivity index (χ3v) is 4.23. The molecule has 0 N–H and O–H groups in total. The Bertz CT molecular complexity index is 535. The van der Waals surface area contributed by atoms with Gasteiger partial charge in [0.2, 0.25) is 0 Å². The van der Waals surface area contributed by atoms with Gasteiger partial charge in [0.25, 0.3) is 0 Å². The van der Waals surface area contributed by atoms with Crippen LogP contribution < -0.4 is 0 Å². The van der Waals surface area contributed by atoms with Crippen molar-refractivity contribution in [3.63, 3.8) is 0 Å². The van der Waals surface area contributed by atoms with Crippen LogP contribution in [0.25, 0.3) is 0 Å². The van der Waals surface area contributed by atoms with Crippen molar-refractivity contribution in [1.29, 1.82) is 0 Å². The Morgan fingerprint density at radius 3 is 2.44 bits per heavy atom. The molecule has 0 amide bonds. The van der Waals surface area contributed by atoms with Crippen molar-refractivity contribution < 1.29 is 4.39 Å². The van der Waals surface area contributed by atoms with Crippen molar-refractivity contribution in [3.8, 4) is 0 Å². The molecule has 0 nitrogen and oxygen atoms in total. The average molecular weight is 368 g/mol. The number of halogens is 5. The smallest absolute Gasteiger partial charge is 0.123 e. The van der Waals surface area contributed by atoms with Crippen molar-refractivity contribution in [2.24, 2.45) is 0 Å². The van der Waals surface area contributed by atoms with Gasteiger partial charge in [-0.15, -0.1) is 11.6 Å². The Balaban J connectivity index is 2.50. The summed E-state index contributed by atoms with van der Waals surface area (Å²) in [6, 6.07) is 9.37. The van der Waals surface area contributed by atoms with Gasteiger partial charge in [0.15, 0.2) is 0 Å². The largest absolute Gasteiger partial charge is 0.207 e. The number of hydrogen-bond acceptors (Lipinski definition) is 0. The molecule has 0 heterocycles. The molecule has 2 rings (SSSR count). The first kappa shape index (κ1) is 14.1. The molecule has 0 aliphatic heterocycles. The molecule has 0 saturated carbocycles. The van der Waals surface area contributed by atoms with Crippen LogP contribution in [0.2, 0.25) is 10.0 Å². The van der Waals surface area contributed by atoms with Crippen molar-refractivity contribution in [2.75, 3.05) is 0 Å². The normalized spacial score (nSPS) is 12.5. The van der Waals surface area contributed by atoms with Gasteiger partial charge in [-0.25, -0.2) is 4.39 Å². The van der Waals surface area contributed by atoms with E-state index in [0.29, 0.717) is 21.2 Å². The Kier molecular flexibility index (Phi) is 4.54. The lowest BCUT2D eigenvalue weighted by Gasteiger charge is -2.14. The van der Waals surface area contributed by atoms with Crippen LogP contribution in [0, 0.1) is 5.82 Å². The Hall–Kier alpha value is -0.280. The minimum atomic E-state index is -0.568. The predicted molar refractivity (Wildman–Crippen MR) is 78.3 cm³/mol. The molecule has 2 aromatic carbocycles. The molecule has 1 unspecified atom stereocenters. The zero-order valence-electron chi connectivity index (χ0n) is 8.93. The van der Waals surface area contributed by atoms with E-state index < -0.39 is 5.38 Å². The van der Waals surface area contributed by atoms with Crippen LogP contribution in [0.1, 0.15) is 16.5 Å². The molecule has 0 fully saturated rings. The SMILES string of the molecule is Fc1ccc(Br)c(C(Cl)c2cc(Cl)ccc2Cl)c1. The number of rotatable bonds is 2. The van der Waals surface area contributed by atoms with Gasteiger partial charge in [-0.05, 0) is 47.5 Å². The molecule has 1 atom stereocenters. The van der Waals surface area contributed by atoms with Crippen LogP contribution in [0.5, 0.6) is 0 Å². The first-order valence-corrected chi connectivity index (χ1v) is 7.01. The summed E-state index contributed by atoms with van der Waals surface area (Å²) in [6.45, 7) is 0. The first-order valence-electron chi connectivity index (χ1n) is 5.03. The minimum Gasteiger partial charge on any atom is -0.207 e. The lowest BCUT2D eigenvalue weighted by Crippen LogP contribution is -1.96. The fourth-order valence-electron chi connectivity index (χ4n) is 1.59. The number of benzene rings is 2. The molecule has 18 heavy (non-hydrogen) atoms. The summed E-state index contributed by atoms with van der Waals surface area (Å²) in [4.78, 5) is 0. The van der Waals surface area contributed by atoms with E-state index in [1.54, 1.807) is 24.3 Å². The van der Waals surface area contributed by atoms with Crippen molar-refractivity contribution >= 4 is 50.7 Å². The molecular formula is C13H7BrCl3F. The summed E-state index contributed by atoms with van der Waals surface area (Å²) in [7, 11) is 0. The van der Waals surface area contributed by atoms with Crippen molar-refractivity contribution in [3.05, 3.63) is 67.9 Å². The minimum absolute atomic E-state index is 0.350. The second-order valence-corrected chi connectivity index (χ2v) is 5.83. The number of hydrogen-bond donors (Lipinski definition) is 0. The van der Waals surface area contributed by atoms with E-state index >= 15 is 0 Å². The quantitative estimate of drug-likeness (QED) is 0.552. The van der Waals surface area contributed by atoms with Crippen molar-refractivity contribution in [2.45, 2.75) is 5.38 Å². The van der Waals surface area contributed by atoms with E-state index in [9.17, 15) is 4.39 Å². The Labute approximate surface area is 128 Å². The van der Waals surface area contributed by atoms with E-state index in [4.69, 9.17) is 34.8 Å². The van der Waals surface area contributed by atoms with Crippen molar-refractivity contribution in [1.82, 2.24) is 0 Å². The molecule has 94 valence electrons. The van der Waals surface area contributed by atoms with Crippen LogP contribution in [0.15, 0.2) is 40.9 Å². The van der Waals surface area contributed by atoms with E-state index in [2.05, 4.69) is 15.9 Å². The third kappa shape index (κ3) is 3.00. The van der Waals surface area contributed by atoms with E-state index in [0.717, 1.165) is 4.47 Å². The van der Waals surface area contributed by atoms with Crippen LogP contribution in [0.4, 0.5) is 4.39 Å². The van der Waals surface area contributed by atoms with E-state index in [-0.39, 0.29) is 5.82 Å². The molecule has 0 aromatic heterocycles. The molecule has 0 aliphatic carbocycles. The Morgan fingerprint density at radius 2 is 1.72 bits per heavy atom. The molecule has 0 saturated heterocycles. The van der Waals surface area contributed by atoms with Crippen LogP contribution in [-0.2, 0) is 0 Å². The summed E-state index contributed by atoms with van der Waals surface area (Å²) < 4.78 is 14.0. The van der Waals surface area contributed by atoms with Gasteiger partial charge in [0.1, 0.15) is 5.82 Å². The van der Waals surface area contributed by atoms with Gasteiger partial charge < -0.3 is 0 Å². The van der Waals surface area contributed by atoms with Crippen LogP contribution >= 0.6 is 50.7 Å². The monoisotopic (exact) mass is 366 g/mol. The van der Waals surface area contributed by atoms with E-state index in [1.807, 2.05) is 0 Å². The molecule has 5 heteroatoms. The molecule has 0 radical (unpaired) electrons.